The fourth-order valence-corrected chi connectivity index (χ4v) is 3.30. The molecule has 0 aliphatic rings. The van der Waals surface area contributed by atoms with Crippen molar-refractivity contribution in [2.75, 3.05) is 0 Å². The van der Waals surface area contributed by atoms with Crippen molar-refractivity contribution in [3.8, 4) is 5.69 Å². The summed E-state index contributed by atoms with van der Waals surface area (Å²) in [6.07, 6.45) is 4.49. The smallest absolute Gasteiger partial charge is 0.243 e. The van der Waals surface area contributed by atoms with Gasteiger partial charge < -0.3 is 4.57 Å². The first kappa shape index (κ1) is 17.2. The Hall–Kier alpha value is -2.65. The summed E-state index contributed by atoms with van der Waals surface area (Å²) in [4.78, 5) is 3.14. The maximum absolute atomic E-state index is 14.1. The first-order valence-corrected chi connectivity index (χ1v) is 8.56. The van der Waals surface area contributed by atoms with Crippen LogP contribution in [0.15, 0.2) is 60.0 Å². The minimum Gasteiger partial charge on any atom is -0.303 e. The minimum atomic E-state index is -4.20. The fourth-order valence-electron chi connectivity index (χ4n) is 2.22. The molecule has 0 amide bonds. The number of aromatic nitrogens is 2. The van der Waals surface area contributed by atoms with Gasteiger partial charge in [-0.25, -0.2) is 31.3 Å². The lowest BCUT2D eigenvalue weighted by Crippen LogP contribution is -2.24. The SMILES string of the molecule is O=S(=O)(NCc1ccc(-n2ccnc2)c(F)c1)c1ccc(F)cc1F. The molecule has 0 aliphatic heterocycles. The van der Waals surface area contributed by atoms with E-state index in [-0.39, 0.29) is 12.2 Å². The van der Waals surface area contributed by atoms with Crippen molar-refractivity contribution in [1.29, 1.82) is 0 Å². The molecular formula is C16H12F3N3O2S. The van der Waals surface area contributed by atoms with Crippen LogP contribution in [0.5, 0.6) is 0 Å². The van der Waals surface area contributed by atoms with Gasteiger partial charge in [-0.05, 0) is 29.8 Å². The highest BCUT2D eigenvalue weighted by Crippen LogP contribution is 2.18. The predicted molar refractivity (Wildman–Crippen MR) is 83.9 cm³/mol. The first-order valence-electron chi connectivity index (χ1n) is 7.08. The van der Waals surface area contributed by atoms with Crippen LogP contribution in [-0.2, 0) is 16.6 Å². The summed E-state index contributed by atoms with van der Waals surface area (Å²) >= 11 is 0. The van der Waals surface area contributed by atoms with Crippen LogP contribution in [-0.4, -0.2) is 18.0 Å². The molecule has 0 atom stereocenters. The van der Waals surface area contributed by atoms with E-state index in [1.807, 2.05) is 0 Å². The van der Waals surface area contributed by atoms with Crippen molar-refractivity contribution in [2.24, 2.45) is 0 Å². The fraction of sp³-hybridized carbons (Fsp3) is 0.0625. The lowest BCUT2D eigenvalue weighted by Gasteiger charge is -2.09. The molecule has 2 aromatic carbocycles. The Morgan fingerprint density at radius 2 is 1.84 bits per heavy atom. The van der Waals surface area contributed by atoms with Crippen molar-refractivity contribution in [3.63, 3.8) is 0 Å². The number of sulfonamides is 1. The highest BCUT2D eigenvalue weighted by atomic mass is 32.2. The summed E-state index contributed by atoms with van der Waals surface area (Å²) < 4.78 is 68.5. The van der Waals surface area contributed by atoms with E-state index in [1.54, 1.807) is 6.20 Å². The van der Waals surface area contributed by atoms with Gasteiger partial charge in [-0.1, -0.05) is 6.07 Å². The van der Waals surface area contributed by atoms with E-state index in [4.69, 9.17) is 0 Å². The van der Waals surface area contributed by atoms with Gasteiger partial charge >= 0.3 is 0 Å². The second kappa shape index (κ2) is 6.69. The Morgan fingerprint density at radius 3 is 2.48 bits per heavy atom. The number of nitrogens with zero attached hydrogens (tertiary/aromatic N) is 2. The normalized spacial score (nSPS) is 11.6. The van der Waals surface area contributed by atoms with Crippen LogP contribution >= 0.6 is 0 Å². The van der Waals surface area contributed by atoms with Gasteiger partial charge in [0, 0.05) is 25.0 Å². The third-order valence-corrected chi connectivity index (χ3v) is 4.88. The van der Waals surface area contributed by atoms with E-state index >= 15 is 0 Å². The van der Waals surface area contributed by atoms with E-state index < -0.39 is 32.4 Å². The van der Waals surface area contributed by atoms with Gasteiger partial charge in [0.2, 0.25) is 10.0 Å². The molecule has 1 heterocycles. The molecule has 0 saturated heterocycles. The van der Waals surface area contributed by atoms with Crippen LogP contribution in [0.25, 0.3) is 5.69 Å². The molecule has 0 fully saturated rings. The molecule has 0 bridgehead atoms. The Kier molecular flexibility index (Phi) is 4.60. The molecule has 3 rings (SSSR count). The molecule has 9 heteroatoms. The van der Waals surface area contributed by atoms with Crippen molar-refractivity contribution in [1.82, 2.24) is 14.3 Å². The largest absolute Gasteiger partial charge is 0.303 e. The maximum Gasteiger partial charge on any atom is 0.243 e. The van der Waals surface area contributed by atoms with Crippen molar-refractivity contribution in [2.45, 2.75) is 11.4 Å². The van der Waals surface area contributed by atoms with Gasteiger partial charge in [-0.2, -0.15) is 0 Å². The summed E-state index contributed by atoms with van der Waals surface area (Å²) in [5, 5.41) is 0. The Balaban J connectivity index is 1.78. The molecule has 25 heavy (non-hydrogen) atoms. The third-order valence-electron chi connectivity index (χ3n) is 3.44. The molecular weight excluding hydrogens is 355 g/mol. The molecule has 3 aromatic rings. The molecule has 0 unspecified atom stereocenters. The zero-order chi connectivity index (χ0) is 18.0. The lowest BCUT2D eigenvalue weighted by molar-refractivity contribution is 0.542. The van der Waals surface area contributed by atoms with Crippen LogP contribution in [0.3, 0.4) is 0 Å². The summed E-state index contributed by atoms with van der Waals surface area (Å²) in [5.41, 5.74) is 0.598. The second-order valence-corrected chi connectivity index (χ2v) is 6.89. The van der Waals surface area contributed by atoms with E-state index in [0.717, 1.165) is 12.1 Å². The molecule has 5 nitrogen and oxygen atoms in total. The number of imidazole rings is 1. The standard InChI is InChI=1S/C16H12F3N3O2S/c17-12-2-4-16(14(19)8-12)25(23,24)21-9-11-1-3-15(13(18)7-11)22-6-5-20-10-22/h1-8,10,21H,9H2. The predicted octanol–water partition coefficient (Wildman–Crippen LogP) is 2.77. The summed E-state index contributed by atoms with van der Waals surface area (Å²) in [5.74, 6) is -2.65. The topological polar surface area (TPSA) is 64.0 Å². The Morgan fingerprint density at radius 1 is 1.04 bits per heavy atom. The van der Waals surface area contributed by atoms with Gasteiger partial charge in [0.25, 0.3) is 0 Å². The van der Waals surface area contributed by atoms with Crippen molar-refractivity contribution in [3.05, 3.63) is 78.1 Å². The highest BCUT2D eigenvalue weighted by Gasteiger charge is 2.19. The average Bonchev–Trinajstić information content (AvgIpc) is 3.07. The van der Waals surface area contributed by atoms with Gasteiger partial charge in [0.1, 0.15) is 22.3 Å². The zero-order valence-electron chi connectivity index (χ0n) is 12.7. The number of halogens is 3. The van der Waals surface area contributed by atoms with Gasteiger partial charge in [0.05, 0.1) is 12.0 Å². The quantitative estimate of drug-likeness (QED) is 0.754. The monoisotopic (exact) mass is 367 g/mol. The van der Waals surface area contributed by atoms with Crippen LogP contribution < -0.4 is 4.72 Å². The Labute approximate surface area is 141 Å². The summed E-state index contributed by atoms with van der Waals surface area (Å²) in [6.45, 7) is -0.250. The van der Waals surface area contributed by atoms with Crippen molar-refractivity contribution >= 4 is 10.0 Å². The minimum absolute atomic E-state index is 0.250. The number of nitrogens with one attached hydrogen (secondary N) is 1. The first-order chi connectivity index (χ1) is 11.9. The molecule has 1 aromatic heterocycles. The van der Waals surface area contributed by atoms with Crippen LogP contribution in [0, 0.1) is 17.5 Å². The molecule has 0 aliphatic carbocycles. The third kappa shape index (κ3) is 3.72. The molecule has 1 N–H and O–H groups in total. The molecule has 0 radical (unpaired) electrons. The lowest BCUT2D eigenvalue weighted by atomic mass is 10.2. The van der Waals surface area contributed by atoms with Gasteiger partial charge in [0.15, 0.2) is 0 Å². The average molecular weight is 367 g/mol. The molecule has 0 spiro atoms. The maximum atomic E-state index is 14.1. The number of rotatable bonds is 5. The van der Waals surface area contributed by atoms with E-state index in [1.165, 1.54) is 35.3 Å². The number of benzene rings is 2. The second-order valence-electron chi connectivity index (χ2n) is 5.16. The van der Waals surface area contributed by atoms with Gasteiger partial charge in [-0.15, -0.1) is 0 Å². The van der Waals surface area contributed by atoms with E-state index in [9.17, 15) is 21.6 Å². The van der Waals surface area contributed by atoms with Crippen LogP contribution in [0.4, 0.5) is 13.2 Å². The zero-order valence-corrected chi connectivity index (χ0v) is 13.5. The molecule has 130 valence electrons. The van der Waals surface area contributed by atoms with E-state index in [0.29, 0.717) is 11.6 Å². The highest BCUT2D eigenvalue weighted by molar-refractivity contribution is 7.89. The van der Waals surface area contributed by atoms with E-state index in [2.05, 4.69) is 9.71 Å². The van der Waals surface area contributed by atoms with Crippen molar-refractivity contribution < 1.29 is 21.6 Å². The van der Waals surface area contributed by atoms with Crippen LogP contribution in [0.2, 0.25) is 0 Å². The summed E-state index contributed by atoms with van der Waals surface area (Å²) in [7, 11) is -4.20. The Bertz CT molecular complexity index is 1010. The van der Waals surface area contributed by atoms with Gasteiger partial charge in [-0.3, -0.25) is 0 Å². The molecule has 0 saturated carbocycles. The number of hydrogen-bond acceptors (Lipinski definition) is 3. The summed E-state index contributed by atoms with van der Waals surface area (Å²) in [6, 6.07) is 6.32. The number of hydrogen-bond donors (Lipinski definition) is 1. The van der Waals surface area contributed by atoms with Crippen LogP contribution in [0.1, 0.15) is 5.56 Å².